The Balaban J connectivity index is 1.50. The fourth-order valence-electron chi connectivity index (χ4n) is 4.17. The average molecular weight is 380 g/mol. The van der Waals surface area contributed by atoms with E-state index in [1.807, 2.05) is 12.1 Å². The third-order valence-corrected chi connectivity index (χ3v) is 5.84. The minimum absolute atomic E-state index is 0.178. The van der Waals surface area contributed by atoms with Crippen molar-refractivity contribution >= 4 is 22.4 Å². The number of aromatic nitrogens is 2. The molecule has 0 saturated heterocycles. The average Bonchev–Trinajstić information content (AvgIpc) is 3.16. The van der Waals surface area contributed by atoms with Crippen LogP contribution < -0.4 is 4.90 Å². The number of anilines is 2. The van der Waals surface area contributed by atoms with E-state index < -0.39 is 0 Å². The van der Waals surface area contributed by atoms with E-state index in [2.05, 4.69) is 90.2 Å². The number of hydrogen-bond donors (Lipinski definition) is 0. The Bertz CT molecular complexity index is 1180. The van der Waals surface area contributed by atoms with Gasteiger partial charge in [-0.25, -0.2) is 9.97 Å². The molecule has 0 bridgehead atoms. The highest BCUT2D eigenvalue weighted by atomic mass is 15.2. The Morgan fingerprint density at radius 3 is 2.38 bits per heavy atom. The minimum Gasteiger partial charge on any atom is -0.325 e. The molecule has 1 aliphatic heterocycles. The number of fused-ring (bicyclic) bond motifs is 2. The summed E-state index contributed by atoms with van der Waals surface area (Å²) >= 11 is 0. The Hall–Kier alpha value is -3.20. The predicted molar refractivity (Wildman–Crippen MR) is 121 cm³/mol. The fourth-order valence-corrected chi connectivity index (χ4v) is 4.17. The largest absolute Gasteiger partial charge is 0.325 e. The lowest BCUT2D eigenvalue weighted by molar-refractivity contribution is 0.590. The number of para-hydroxylation sites is 1. The molecule has 144 valence electrons. The molecule has 4 aromatic rings. The third kappa shape index (κ3) is 3.17. The Kier molecular flexibility index (Phi) is 4.13. The number of hydrogen-bond acceptors (Lipinski definition) is 3. The normalized spacial score (nSPS) is 13.7. The van der Waals surface area contributed by atoms with Crippen molar-refractivity contribution in [3.63, 3.8) is 0 Å². The molecule has 3 nitrogen and oxygen atoms in total. The van der Waals surface area contributed by atoms with Gasteiger partial charge < -0.3 is 4.90 Å². The van der Waals surface area contributed by atoms with Gasteiger partial charge in [-0.2, -0.15) is 0 Å². The second-order valence-corrected chi connectivity index (χ2v) is 8.79. The van der Waals surface area contributed by atoms with Gasteiger partial charge in [0.2, 0.25) is 0 Å². The van der Waals surface area contributed by atoms with Crippen LogP contribution in [0.1, 0.15) is 31.9 Å². The molecule has 0 aliphatic carbocycles. The SMILES string of the molecule is CC(C)(C)c1ccc(-c2ccc3c(c2)CCN3c2ncnc3ccccc23)cc1. The lowest BCUT2D eigenvalue weighted by Gasteiger charge is -2.20. The second kappa shape index (κ2) is 6.70. The highest BCUT2D eigenvalue weighted by molar-refractivity contribution is 5.92. The molecule has 1 aromatic heterocycles. The van der Waals surface area contributed by atoms with Crippen LogP contribution in [0.4, 0.5) is 11.5 Å². The molecule has 0 amide bonds. The number of rotatable bonds is 2. The molecule has 0 radical (unpaired) electrons. The van der Waals surface area contributed by atoms with E-state index in [-0.39, 0.29) is 5.41 Å². The van der Waals surface area contributed by atoms with Crippen molar-refractivity contribution in [3.8, 4) is 11.1 Å². The second-order valence-electron chi connectivity index (χ2n) is 8.79. The van der Waals surface area contributed by atoms with E-state index in [1.165, 1.54) is 27.9 Å². The van der Waals surface area contributed by atoms with Crippen molar-refractivity contribution in [1.29, 1.82) is 0 Å². The van der Waals surface area contributed by atoms with Gasteiger partial charge in [-0.3, -0.25) is 0 Å². The summed E-state index contributed by atoms with van der Waals surface area (Å²) in [5.41, 5.74) is 7.71. The van der Waals surface area contributed by atoms with Crippen LogP contribution in [0.15, 0.2) is 73.1 Å². The first-order valence-electron chi connectivity index (χ1n) is 10.2. The summed E-state index contributed by atoms with van der Waals surface area (Å²) < 4.78 is 0. The van der Waals surface area contributed by atoms with Crippen LogP contribution in [-0.4, -0.2) is 16.5 Å². The van der Waals surface area contributed by atoms with Crippen LogP contribution in [0, 0.1) is 0 Å². The molecule has 0 unspecified atom stereocenters. The van der Waals surface area contributed by atoms with Crippen molar-refractivity contribution < 1.29 is 0 Å². The van der Waals surface area contributed by atoms with Gasteiger partial charge in [0.15, 0.2) is 0 Å². The lowest BCUT2D eigenvalue weighted by atomic mass is 9.86. The molecule has 29 heavy (non-hydrogen) atoms. The van der Waals surface area contributed by atoms with Crippen LogP contribution >= 0.6 is 0 Å². The molecule has 0 fully saturated rings. The smallest absolute Gasteiger partial charge is 0.144 e. The van der Waals surface area contributed by atoms with E-state index >= 15 is 0 Å². The maximum Gasteiger partial charge on any atom is 0.144 e. The minimum atomic E-state index is 0.178. The third-order valence-electron chi connectivity index (χ3n) is 5.84. The zero-order chi connectivity index (χ0) is 20.0. The van der Waals surface area contributed by atoms with Crippen LogP contribution in [0.25, 0.3) is 22.0 Å². The summed E-state index contributed by atoms with van der Waals surface area (Å²) in [6.07, 6.45) is 2.70. The summed E-state index contributed by atoms with van der Waals surface area (Å²) in [6, 6.07) is 24.0. The molecule has 0 saturated carbocycles. The standard InChI is InChI=1S/C26H25N3/c1-26(2,3)21-11-8-18(9-12-21)19-10-13-24-20(16-19)14-15-29(24)25-22-6-4-5-7-23(22)27-17-28-25/h4-13,16-17H,14-15H2,1-3H3. The molecule has 0 N–H and O–H groups in total. The zero-order valence-corrected chi connectivity index (χ0v) is 17.2. The predicted octanol–water partition coefficient (Wildman–Crippen LogP) is 6.29. The maximum absolute atomic E-state index is 4.62. The topological polar surface area (TPSA) is 29.0 Å². The molecular weight excluding hydrogens is 354 g/mol. The van der Waals surface area contributed by atoms with E-state index in [0.717, 1.165) is 29.7 Å². The van der Waals surface area contributed by atoms with Crippen molar-refractivity contribution in [3.05, 3.63) is 84.2 Å². The van der Waals surface area contributed by atoms with Crippen LogP contribution in [-0.2, 0) is 11.8 Å². The van der Waals surface area contributed by atoms with Crippen molar-refractivity contribution in [2.45, 2.75) is 32.6 Å². The van der Waals surface area contributed by atoms with Crippen molar-refractivity contribution in [1.82, 2.24) is 9.97 Å². The van der Waals surface area contributed by atoms with Crippen molar-refractivity contribution in [2.24, 2.45) is 0 Å². The van der Waals surface area contributed by atoms with E-state index in [1.54, 1.807) is 6.33 Å². The molecule has 3 heteroatoms. The lowest BCUT2D eigenvalue weighted by Crippen LogP contribution is -2.15. The first kappa shape index (κ1) is 17.9. The van der Waals surface area contributed by atoms with Gasteiger partial charge in [0, 0.05) is 17.6 Å². The highest BCUT2D eigenvalue weighted by Gasteiger charge is 2.23. The Labute approximate surface area is 172 Å². The monoisotopic (exact) mass is 379 g/mol. The summed E-state index contributed by atoms with van der Waals surface area (Å²) in [4.78, 5) is 11.4. The van der Waals surface area contributed by atoms with Gasteiger partial charge in [0.25, 0.3) is 0 Å². The quantitative estimate of drug-likeness (QED) is 0.410. The molecule has 2 heterocycles. The van der Waals surface area contributed by atoms with Gasteiger partial charge in [0.05, 0.1) is 5.52 Å². The highest BCUT2D eigenvalue weighted by Crippen LogP contribution is 2.38. The number of benzene rings is 3. The molecule has 1 aliphatic rings. The Morgan fingerprint density at radius 1 is 0.828 bits per heavy atom. The van der Waals surface area contributed by atoms with Crippen LogP contribution in [0.3, 0.4) is 0 Å². The molecule has 5 rings (SSSR count). The summed E-state index contributed by atoms with van der Waals surface area (Å²) in [5, 5.41) is 1.10. The van der Waals surface area contributed by atoms with Gasteiger partial charge in [-0.05, 0) is 58.4 Å². The molecule has 0 spiro atoms. The Morgan fingerprint density at radius 2 is 1.59 bits per heavy atom. The van der Waals surface area contributed by atoms with Gasteiger partial charge in [-0.15, -0.1) is 0 Å². The summed E-state index contributed by atoms with van der Waals surface area (Å²) in [7, 11) is 0. The van der Waals surface area contributed by atoms with Crippen LogP contribution in [0.2, 0.25) is 0 Å². The van der Waals surface area contributed by atoms with E-state index in [4.69, 9.17) is 0 Å². The van der Waals surface area contributed by atoms with Gasteiger partial charge in [0.1, 0.15) is 12.1 Å². The van der Waals surface area contributed by atoms with Crippen molar-refractivity contribution in [2.75, 3.05) is 11.4 Å². The molecular formula is C26H25N3. The van der Waals surface area contributed by atoms with Crippen LogP contribution in [0.5, 0.6) is 0 Å². The van der Waals surface area contributed by atoms with Gasteiger partial charge >= 0.3 is 0 Å². The number of nitrogens with zero attached hydrogens (tertiary/aromatic N) is 3. The van der Waals surface area contributed by atoms with E-state index in [0.29, 0.717) is 0 Å². The fraction of sp³-hybridized carbons (Fsp3) is 0.231. The first-order valence-corrected chi connectivity index (χ1v) is 10.2. The van der Waals surface area contributed by atoms with Gasteiger partial charge in [-0.1, -0.05) is 63.2 Å². The summed E-state index contributed by atoms with van der Waals surface area (Å²) in [5.74, 6) is 0.997. The summed E-state index contributed by atoms with van der Waals surface area (Å²) in [6.45, 7) is 7.71. The maximum atomic E-state index is 4.62. The zero-order valence-electron chi connectivity index (χ0n) is 17.2. The molecule has 0 atom stereocenters. The molecule has 3 aromatic carbocycles. The van der Waals surface area contributed by atoms with E-state index in [9.17, 15) is 0 Å². The first-order chi connectivity index (χ1) is 14.0.